The van der Waals surface area contributed by atoms with Gasteiger partial charge in [-0.2, -0.15) is 0 Å². The lowest BCUT2D eigenvalue weighted by Gasteiger charge is -2.11. The number of para-hydroxylation sites is 1. The number of benzene rings is 2. The first kappa shape index (κ1) is 12.6. The first-order chi connectivity index (χ1) is 8.78. The van der Waals surface area contributed by atoms with Gasteiger partial charge in [-0.05, 0) is 34.9 Å². The Morgan fingerprint density at radius 3 is 2.11 bits per heavy atom. The molecular weight excluding hydrogens is 228 g/mol. The Labute approximate surface area is 106 Å². The maximum absolute atomic E-state index is 9.24. The highest BCUT2D eigenvalue weighted by atomic mass is 16.5. The Hall–Kier alpha value is -1.84. The van der Waals surface area contributed by atoms with E-state index in [0.29, 0.717) is 0 Å². The summed E-state index contributed by atoms with van der Waals surface area (Å²) in [6.45, 7) is -0.0913. The molecule has 0 saturated heterocycles. The first-order valence-corrected chi connectivity index (χ1v) is 5.76. The average molecular weight is 244 g/mol. The highest BCUT2D eigenvalue weighted by molar-refractivity contribution is 5.71. The summed E-state index contributed by atoms with van der Waals surface area (Å²) in [6, 6.07) is 13.3. The quantitative estimate of drug-likeness (QED) is 0.868. The molecule has 0 aromatic heterocycles. The zero-order valence-corrected chi connectivity index (χ0v) is 10.3. The van der Waals surface area contributed by atoms with Gasteiger partial charge in [0.05, 0.1) is 20.3 Å². The van der Waals surface area contributed by atoms with E-state index < -0.39 is 0 Å². The molecule has 0 heterocycles. The molecule has 2 aromatic rings. The van der Waals surface area contributed by atoms with Crippen molar-refractivity contribution < 1.29 is 14.9 Å². The molecule has 0 bridgehead atoms. The number of rotatable bonds is 4. The van der Waals surface area contributed by atoms with E-state index in [-0.39, 0.29) is 13.2 Å². The summed E-state index contributed by atoms with van der Waals surface area (Å²) in [5.41, 5.74) is 3.44. The fourth-order valence-electron chi connectivity index (χ4n) is 1.98. The number of aliphatic hydroxyl groups excluding tert-OH is 2. The minimum absolute atomic E-state index is 0.0456. The predicted octanol–water partition coefficient (Wildman–Crippen LogP) is 2.35. The highest BCUT2D eigenvalue weighted by Crippen LogP contribution is 2.31. The summed E-state index contributed by atoms with van der Waals surface area (Å²) < 4.78 is 5.32. The lowest BCUT2D eigenvalue weighted by molar-refractivity contribution is 0.275. The van der Waals surface area contributed by atoms with Crippen molar-refractivity contribution in [3.05, 3.63) is 53.6 Å². The molecule has 0 radical (unpaired) electrons. The van der Waals surface area contributed by atoms with Crippen molar-refractivity contribution in [3.63, 3.8) is 0 Å². The van der Waals surface area contributed by atoms with Crippen LogP contribution in [0.5, 0.6) is 5.75 Å². The molecule has 18 heavy (non-hydrogen) atoms. The van der Waals surface area contributed by atoms with Crippen LogP contribution in [-0.4, -0.2) is 17.3 Å². The molecular formula is C15H16O3. The fourth-order valence-corrected chi connectivity index (χ4v) is 1.98. The maximum Gasteiger partial charge on any atom is 0.126 e. The molecule has 0 aliphatic heterocycles. The summed E-state index contributed by atoms with van der Waals surface area (Å²) in [7, 11) is 1.63. The summed E-state index contributed by atoms with van der Waals surface area (Å²) in [5, 5.41) is 18.5. The monoisotopic (exact) mass is 244 g/mol. The second kappa shape index (κ2) is 5.67. The van der Waals surface area contributed by atoms with Crippen LogP contribution in [0.4, 0.5) is 0 Å². The zero-order chi connectivity index (χ0) is 13.0. The Balaban J connectivity index is 2.55. The van der Waals surface area contributed by atoms with Gasteiger partial charge in [0.1, 0.15) is 5.75 Å². The van der Waals surface area contributed by atoms with Gasteiger partial charge >= 0.3 is 0 Å². The van der Waals surface area contributed by atoms with Crippen molar-refractivity contribution in [2.75, 3.05) is 7.11 Å². The van der Waals surface area contributed by atoms with Crippen LogP contribution in [0.25, 0.3) is 11.1 Å². The van der Waals surface area contributed by atoms with E-state index in [9.17, 15) is 10.2 Å². The SMILES string of the molecule is COc1ccccc1-c1cc(CO)cc(CO)c1. The van der Waals surface area contributed by atoms with E-state index in [1.165, 1.54) is 0 Å². The maximum atomic E-state index is 9.24. The molecule has 94 valence electrons. The van der Waals surface area contributed by atoms with Gasteiger partial charge in [0.25, 0.3) is 0 Å². The lowest BCUT2D eigenvalue weighted by atomic mass is 9.99. The van der Waals surface area contributed by atoms with Crippen LogP contribution in [0, 0.1) is 0 Å². The third kappa shape index (κ3) is 2.53. The van der Waals surface area contributed by atoms with Crippen LogP contribution in [0.1, 0.15) is 11.1 Å². The van der Waals surface area contributed by atoms with E-state index in [1.54, 1.807) is 13.2 Å². The largest absolute Gasteiger partial charge is 0.496 e. The highest BCUT2D eigenvalue weighted by Gasteiger charge is 2.07. The first-order valence-electron chi connectivity index (χ1n) is 5.76. The third-order valence-corrected chi connectivity index (χ3v) is 2.84. The zero-order valence-electron chi connectivity index (χ0n) is 10.3. The predicted molar refractivity (Wildman–Crippen MR) is 70.3 cm³/mol. The fraction of sp³-hybridized carbons (Fsp3) is 0.200. The minimum Gasteiger partial charge on any atom is -0.496 e. The van der Waals surface area contributed by atoms with Gasteiger partial charge in [-0.3, -0.25) is 0 Å². The number of aliphatic hydroxyl groups is 2. The molecule has 0 saturated carbocycles. The molecule has 0 amide bonds. The van der Waals surface area contributed by atoms with E-state index in [1.807, 2.05) is 36.4 Å². The van der Waals surface area contributed by atoms with Gasteiger partial charge in [-0.1, -0.05) is 24.3 Å². The van der Waals surface area contributed by atoms with Crippen molar-refractivity contribution in [1.82, 2.24) is 0 Å². The lowest BCUT2D eigenvalue weighted by Crippen LogP contribution is -1.93. The van der Waals surface area contributed by atoms with Gasteiger partial charge in [0.15, 0.2) is 0 Å². The molecule has 2 aromatic carbocycles. The van der Waals surface area contributed by atoms with Crippen LogP contribution in [0.3, 0.4) is 0 Å². The van der Waals surface area contributed by atoms with Crippen molar-refractivity contribution in [3.8, 4) is 16.9 Å². The normalized spacial score (nSPS) is 10.4. The number of hydrogen-bond donors (Lipinski definition) is 2. The smallest absolute Gasteiger partial charge is 0.126 e. The molecule has 2 rings (SSSR count). The van der Waals surface area contributed by atoms with Crippen LogP contribution in [0.2, 0.25) is 0 Å². The minimum atomic E-state index is -0.0456. The Morgan fingerprint density at radius 1 is 0.944 bits per heavy atom. The Bertz CT molecular complexity index is 513. The van der Waals surface area contributed by atoms with Gasteiger partial charge in [-0.15, -0.1) is 0 Å². The molecule has 3 nitrogen and oxygen atoms in total. The van der Waals surface area contributed by atoms with Crippen LogP contribution >= 0.6 is 0 Å². The van der Waals surface area contributed by atoms with Crippen molar-refractivity contribution in [2.24, 2.45) is 0 Å². The van der Waals surface area contributed by atoms with Crippen molar-refractivity contribution in [1.29, 1.82) is 0 Å². The number of methoxy groups -OCH3 is 1. The van der Waals surface area contributed by atoms with Gasteiger partial charge in [0, 0.05) is 5.56 Å². The van der Waals surface area contributed by atoms with Gasteiger partial charge in [-0.25, -0.2) is 0 Å². The molecule has 3 heteroatoms. The average Bonchev–Trinajstić information content (AvgIpc) is 2.46. The standard InChI is InChI=1S/C15H16O3/c1-18-15-5-3-2-4-14(15)13-7-11(9-16)6-12(8-13)10-17/h2-8,16-17H,9-10H2,1H3. The molecule has 2 N–H and O–H groups in total. The number of hydrogen-bond acceptors (Lipinski definition) is 3. The molecule has 0 aliphatic carbocycles. The Morgan fingerprint density at radius 2 is 1.56 bits per heavy atom. The van der Waals surface area contributed by atoms with E-state index in [4.69, 9.17) is 4.74 Å². The Kier molecular flexibility index (Phi) is 3.97. The second-order valence-electron chi connectivity index (χ2n) is 4.05. The molecule has 0 fully saturated rings. The summed E-state index contributed by atoms with van der Waals surface area (Å²) in [6.07, 6.45) is 0. The molecule has 0 unspecified atom stereocenters. The molecule has 0 aliphatic rings. The summed E-state index contributed by atoms with van der Waals surface area (Å²) in [4.78, 5) is 0. The van der Waals surface area contributed by atoms with E-state index in [2.05, 4.69) is 0 Å². The molecule has 0 atom stereocenters. The van der Waals surface area contributed by atoms with E-state index >= 15 is 0 Å². The van der Waals surface area contributed by atoms with Gasteiger partial charge in [0.2, 0.25) is 0 Å². The van der Waals surface area contributed by atoms with Crippen LogP contribution in [0.15, 0.2) is 42.5 Å². The van der Waals surface area contributed by atoms with Crippen LogP contribution < -0.4 is 4.74 Å². The van der Waals surface area contributed by atoms with E-state index in [0.717, 1.165) is 28.0 Å². The summed E-state index contributed by atoms with van der Waals surface area (Å²) >= 11 is 0. The molecule has 0 spiro atoms. The van der Waals surface area contributed by atoms with Crippen LogP contribution in [-0.2, 0) is 13.2 Å². The van der Waals surface area contributed by atoms with Crippen molar-refractivity contribution in [2.45, 2.75) is 13.2 Å². The topological polar surface area (TPSA) is 49.7 Å². The van der Waals surface area contributed by atoms with Crippen molar-refractivity contribution >= 4 is 0 Å². The number of ether oxygens (including phenoxy) is 1. The third-order valence-electron chi connectivity index (χ3n) is 2.84. The van der Waals surface area contributed by atoms with Gasteiger partial charge < -0.3 is 14.9 Å². The summed E-state index contributed by atoms with van der Waals surface area (Å²) in [5.74, 6) is 0.775. The second-order valence-corrected chi connectivity index (χ2v) is 4.05.